The van der Waals surface area contributed by atoms with E-state index in [2.05, 4.69) is 0 Å². The summed E-state index contributed by atoms with van der Waals surface area (Å²) in [7, 11) is -3.28. The Hall–Kier alpha value is -0.640. The molecule has 0 amide bonds. The van der Waals surface area contributed by atoms with E-state index in [0.29, 0.717) is 10.1 Å². The average molecular weight is 414 g/mol. The Morgan fingerprint density at radius 2 is 1.85 bits per heavy atom. The molecule has 0 aromatic carbocycles. The number of sulfone groups is 1. The van der Waals surface area contributed by atoms with Crippen LogP contribution >= 0.6 is 22.6 Å². The lowest BCUT2D eigenvalue weighted by Crippen LogP contribution is -2.42. The van der Waals surface area contributed by atoms with Gasteiger partial charge in [-0.1, -0.05) is 6.92 Å². The van der Waals surface area contributed by atoms with Crippen molar-refractivity contribution in [2.24, 2.45) is 0 Å². The van der Waals surface area contributed by atoms with Crippen molar-refractivity contribution < 1.29 is 8.42 Å². The molecule has 1 heterocycles. The molecular formula is C12H19IN2O4S. The van der Waals surface area contributed by atoms with Crippen LogP contribution in [0.5, 0.6) is 0 Å². The number of aromatic nitrogens is 2. The lowest BCUT2D eigenvalue weighted by Gasteiger charge is -2.12. The van der Waals surface area contributed by atoms with Gasteiger partial charge in [0.15, 0.2) is 9.84 Å². The van der Waals surface area contributed by atoms with E-state index in [9.17, 15) is 18.0 Å². The Labute approximate surface area is 131 Å². The number of halogens is 1. The summed E-state index contributed by atoms with van der Waals surface area (Å²) >= 11 is 1.86. The predicted molar refractivity (Wildman–Crippen MR) is 86.9 cm³/mol. The van der Waals surface area contributed by atoms with E-state index in [-0.39, 0.29) is 12.3 Å². The first-order valence-electron chi connectivity index (χ1n) is 6.42. The maximum absolute atomic E-state index is 12.1. The van der Waals surface area contributed by atoms with Gasteiger partial charge in [-0.2, -0.15) is 0 Å². The highest BCUT2D eigenvalue weighted by Gasteiger charge is 2.18. The Morgan fingerprint density at radius 1 is 1.25 bits per heavy atom. The molecule has 1 rings (SSSR count). The van der Waals surface area contributed by atoms with E-state index in [0.717, 1.165) is 11.0 Å². The molecule has 0 bridgehead atoms. The molecule has 6 nitrogen and oxygen atoms in total. The minimum absolute atomic E-state index is 0.0985. The quantitative estimate of drug-likeness (QED) is 0.647. The topological polar surface area (TPSA) is 78.1 Å². The van der Waals surface area contributed by atoms with Crippen molar-refractivity contribution in [3.05, 3.63) is 30.6 Å². The molecule has 8 heteroatoms. The van der Waals surface area contributed by atoms with E-state index in [1.54, 1.807) is 13.8 Å². The highest BCUT2D eigenvalue weighted by Crippen LogP contribution is 2.01. The summed E-state index contributed by atoms with van der Waals surface area (Å²) in [5.74, 6) is -0.202. The Balaban J connectivity index is 3.19. The van der Waals surface area contributed by atoms with Gasteiger partial charge in [0.1, 0.15) is 0 Å². The van der Waals surface area contributed by atoms with Crippen molar-refractivity contribution in [1.82, 2.24) is 9.13 Å². The van der Waals surface area contributed by atoms with Crippen LogP contribution in [0.15, 0.2) is 15.8 Å². The molecule has 0 aliphatic rings. The molecular weight excluding hydrogens is 395 g/mol. The van der Waals surface area contributed by atoms with Gasteiger partial charge in [0.05, 0.1) is 14.6 Å². The molecule has 0 aliphatic carbocycles. The summed E-state index contributed by atoms with van der Waals surface area (Å²) < 4.78 is 26.5. The fourth-order valence-corrected chi connectivity index (χ4v) is 3.21. The lowest BCUT2D eigenvalue weighted by atomic mass is 10.4. The standard InChI is InChI=1S/C12H19IN2O4S/c1-4-5-14-8-10(13)11(16)15(12(14)17)6-7-20(18,19)9(2)3/h8-9H,4-7H2,1-3H3. The van der Waals surface area contributed by atoms with Gasteiger partial charge in [-0.3, -0.25) is 13.9 Å². The zero-order valence-corrected chi connectivity index (χ0v) is 14.8. The minimum Gasteiger partial charge on any atom is -0.299 e. The first kappa shape index (κ1) is 17.4. The molecule has 0 saturated heterocycles. The first-order valence-corrected chi connectivity index (χ1v) is 9.21. The average Bonchev–Trinajstić information content (AvgIpc) is 2.36. The monoisotopic (exact) mass is 414 g/mol. The van der Waals surface area contributed by atoms with Gasteiger partial charge in [-0.05, 0) is 42.9 Å². The first-order chi connectivity index (χ1) is 9.20. The summed E-state index contributed by atoms with van der Waals surface area (Å²) in [5.41, 5.74) is -0.877. The van der Waals surface area contributed by atoms with Gasteiger partial charge in [0.25, 0.3) is 5.56 Å². The van der Waals surface area contributed by atoms with Crippen molar-refractivity contribution in [1.29, 1.82) is 0 Å². The van der Waals surface area contributed by atoms with Crippen LogP contribution in [-0.4, -0.2) is 28.6 Å². The molecule has 0 aliphatic heterocycles. The van der Waals surface area contributed by atoms with Crippen LogP contribution in [0.3, 0.4) is 0 Å². The largest absolute Gasteiger partial charge is 0.331 e. The SMILES string of the molecule is CCCn1cc(I)c(=O)n(CCS(=O)(=O)C(C)C)c1=O. The second-order valence-corrected chi connectivity index (χ2v) is 8.66. The fraction of sp³-hybridized carbons (Fsp3) is 0.667. The summed E-state index contributed by atoms with van der Waals surface area (Å²) in [6, 6.07) is 0. The molecule has 0 unspecified atom stereocenters. The molecule has 0 saturated carbocycles. The van der Waals surface area contributed by atoms with Gasteiger partial charge >= 0.3 is 5.69 Å². The number of nitrogens with zero attached hydrogens (tertiary/aromatic N) is 2. The summed E-state index contributed by atoms with van der Waals surface area (Å²) in [5, 5.41) is -0.515. The number of hydrogen-bond donors (Lipinski definition) is 0. The molecule has 20 heavy (non-hydrogen) atoms. The van der Waals surface area contributed by atoms with Crippen LogP contribution < -0.4 is 11.2 Å². The van der Waals surface area contributed by atoms with E-state index in [1.165, 1.54) is 10.8 Å². The zero-order chi connectivity index (χ0) is 15.5. The van der Waals surface area contributed by atoms with Crippen molar-refractivity contribution >= 4 is 32.4 Å². The summed E-state index contributed by atoms with van der Waals surface area (Å²) in [6.45, 7) is 5.51. The molecule has 0 radical (unpaired) electrons. The minimum atomic E-state index is -3.28. The molecule has 0 fully saturated rings. The van der Waals surface area contributed by atoms with Crippen molar-refractivity contribution in [2.75, 3.05) is 5.75 Å². The Kier molecular flexibility index (Phi) is 5.99. The van der Waals surface area contributed by atoms with Crippen LogP contribution in [0, 0.1) is 3.57 Å². The highest BCUT2D eigenvalue weighted by molar-refractivity contribution is 14.1. The van der Waals surface area contributed by atoms with E-state index in [4.69, 9.17) is 0 Å². The van der Waals surface area contributed by atoms with Crippen molar-refractivity contribution in [3.8, 4) is 0 Å². The van der Waals surface area contributed by atoms with Gasteiger partial charge < -0.3 is 0 Å². The van der Waals surface area contributed by atoms with E-state index in [1.807, 2.05) is 29.5 Å². The molecule has 0 N–H and O–H groups in total. The summed E-state index contributed by atoms with van der Waals surface area (Å²) in [6.07, 6.45) is 2.28. The van der Waals surface area contributed by atoms with Crippen LogP contribution in [0.4, 0.5) is 0 Å². The maximum atomic E-state index is 12.1. The molecule has 114 valence electrons. The van der Waals surface area contributed by atoms with E-state index >= 15 is 0 Å². The number of hydrogen-bond acceptors (Lipinski definition) is 4. The summed E-state index contributed by atoms with van der Waals surface area (Å²) in [4.78, 5) is 24.1. The zero-order valence-electron chi connectivity index (χ0n) is 11.8. The second kappa shape index (κ2) is 6.88. The van der Waals surface area contributed by atoms with Crippen molar-refractivity contribution in [2.45, 2.75) is 45.5 Å². The Bertz CT molecular complexity index is 688. The van der Waals surface area contributed by atoms with E-state index < -0.39 is 26.3 Å². The van der Waals surface area contributed by atoms with Crippen LogP contribution in [0.1, 0.15) is 27.2 Å². The number of rotatable bonds is 6. The van der Waals surface area contributed by atoms with Crippen LogP contribution in [0.2, 0.25) is 0 Å². The van der Waals surface area contributed by atoms with Crippen LogP contribution in [0.25, 0.3) is 0 Å². The normalized spacial score (nSPS) is 12.1. The Morgan fingerprint density at radius 3 is 2.35 bits per heavy atom. The molecule has 1 aromatic heterocycles. The number of aryl methyl sites for hydroxylation is 1. The van der Waals surface area contributed by atoms with Crippen molar-refractivity contribution in [3.63, 3.8) is 0 Å². The lowest BCUT2D eigenvalue weighted by molar-refractivity contribution is 0.545. The molecule has 0 atom stereocenters. The third-order valence-electron chi connectivity index (χ3n) is 2.98. The molecule has 1 aromatic rings. The smallest absolute Gasteiger partial charge is 0.299 e. The van der Waals surface area contributed by atoms with Gasteiger partial charge in [-0.25, -0.2) is 13.2 Å². The second-order valence-electron chi connectivity index (χ2n) is 4.83. The third-order valence-corrected chi connectivity index (χ3v) is 5.91. The highest BCUT2D eigenvalue weighted by atomic mass is 127. The predicted octanol–water partition coefficient (Wildman–Crippen LogP) is 0.848. The molecule has 0 spiro atoms. The third kappa shape index (κ3) is 3.94. The van der Waals surface area contributed by atoms with Gasteiger partial charge in [-0.15, -0.1) is 0 Å². The maximum Gasteiger partial charge on any atom is 0.331 e. The van der Waals surface area contributed by atoms with Gasteiger partial charge in [0.2, 0.25) is 0 Å². The van der Waals surface area contributed by atoms with Crippen LogP contribution in [-0.2, 0) is 22.9 Å². The fourth-order valence-electron chi connectivity index (χ4n) is 1.67. The van der Waals surface area contributed by atoms with Gasteiger partial charge in [0, 0.05) is 19.3 Å².